The third-order valence-corrected chi connectivity index (χ3v) is 5.21. The molecule has 0 saturated heterocycles. The maximum atomic E-state index is 13.3. The number of carbonyl (C=O) groups is 1. The van der Waals surface area contributed by atoms with E-state index in [2.05, 4.69) is 20.4 Å². The number of thiophene rings is 1. The molecule has 6 nitrogen and oxygen atoms in total. The lowest BCUT2D eigenvalue weighted by Crippen LogP contribution is -2.29. The molecule has 29 heavy (non-hydrogen) atoms. The fraction of sp³-hybridized carbons (Fsp3) is 0.143. The molecule has 0 spiro atoms. The highest BCUT2D eigenvalue weighted by molar-refractivity contribution is 7.13. The van der Waals surface area contributed by atoms with Crippen molar-refractivity contribution in [3.63, 3.8) is 0 Å². The Hall–Kier alpha value is -3.39. The van der Waals surface area contributed by atoms with E-state index in [0.717, 1.165) is 21.8 Å². The molecule has 3 aromatic heterocycles. The fourth-order valence-electron chi connectivity index (χ4n) is 3.05. The number of halogens is 1. The minimum Gasteiger partial charge on any atom is -0.354 e. The molecule has 0 unspecified atom stereocenters. The van der Waals surface area contributed by atoms with Crippen LogP contribution in [0.5, 0.6) is 0 Å². The molecule has 1 N–H and O–H groups in total. The van der Waals surface area contributed by atoms with E-state index in [9.17, 15) is 9.18 Å². The normalized spacial score (nSPS) is 10.8. The molecule has 0 fully saturated rings. The van der Waals surface area contributed by atoms with Crippen molar-refractivity contribution in [3.8, 4) is 21.8 Å². The molecule has 0 bridgehead atoms. The number of amides is 1. The monoisotopic (exact) mass is 407 g/mol. The van der Waals surface area contributed by atoms with Crippen LogP contribution in [0.15, 0.2) is 66.6 Å². The first kappa shape index (κ1) is 18.9. The van der Waals surface area contributed by atoms with Gasteiger partial charge >= 0.3 is 0 Å². The largest absolute Gasteiger partial charge is 0.354 e. The van der Waals surface area contributed by atoms with Crippen molar-refractivity contribution in [3.05, 3.63) is 77.9 Å². The summed E-state index contributed by atoms with van der Waals surface area (Å²) in [5.74, 6) is -0.501. The summed E-state index contributed by atoms with van der Waals surface area (Å²) in [6, 6.07) is 10.1. The van der Waals surface area contributed by atoms with Gasteiger partial charge in [0.05, 0.1) is 41.6 Å². The molecule has 0 radical (unpaired) electrons. The van der Waals surface area contributed by atoms with Gasteiger partial charge in [0.1, 0.15) is 5.82 Å². The molecular formula is C21H18FN5OS. The molecule has 0 aliphatic rings. The lowest BCUT2D eigenvalue weighted by molar-refractivity contribution is -0.120. The minimum absolute atomic E-state index is 0.138. The highest BCUT2D eigenvalue weighted by atomic mass is 32.1. The van der Waals surface area contributed by atoms with Crippen LogP contribution in [0.25, 0.3) is 21.8 Å². The standard InChI is InChI=1S/C21H18FN5OS/c22-16-4-1-3-15(11-16)12-20(28)25-8-9-27-21(19-5-2-10-29-19)17(13-26-27)18-14-23-6-7-24-18/h1-7,10-11,13-14H,8-9,12H2,(H,25,28). The van der Waals surface area contributed by atoms with E-state index in [4.69, 9.17) is 0 Å². The van der Waals surface area contributed by atoms with Gasteiger partial charge in [0.15, 0.2) is 0 Å². The second-order valence-electron chi connectivity index (χ2n) is 6.35. The van der Waals surface area contributed by atoms with Gasteiger partial charge in [0.25, 0.3) is 0 Å². The third-order valence-electron chi connectivity index (χ3n) is 4.33. The number of rotatable bonds is 7. The summed E-state index contributed by atoms with van der Waals surface area (Å²) in [6.07, 6.45) is 6.90. The Kier molecular flexibility index (Phi) is 5.71. The van der Waals surface area contributed by atoms with E-state index >= 15 is 0 Å². The van der Waals surface area contributed by atoms with Crippen LogP contribution in [-0.2, 0) is 17.8 Å². The Balaban J connectivity index is 1.46. The molecule has 4 rings (SSSR count). The Labute approximate surface area is 171 Å². The molecule has 1 aromatic carbocycles. The number of benzene rings is 1. The van der Waals surface area contributed by atoms with Gasteiger partial charge in [-0.1, -0.05) is 18.2 Å². The maximum Gasteiger partial charge on any atom is 0.224 e. The van der Waals surface area contributed by atoms with E-state index in [0.29, 0.717) is 18.7 Å². The maximum absolute atomic E-state index is 13.3. The summed E-state index contributed by atoms with van der Waals surface area (Å²) in [6.45, 7) is 0.913. The van der Waals surface area contributed by atoms with Crippen LogP contribution in [0.3, 0.4) is 0 Å². The van der Waals surface area contributed by atoms with E-state index in [1.165, 1.54) is 12.1 Å². The van der Waals surface area contributed by atoms with Crippen molar-refractivity contribution in [2.24, 2.45) is 0 Å². The van der Waals surface area contributed by atoms with Gasteiger partial charge in [-0.15, -0.1) is 11.3 Å². The summed E-state index contributed by atoms with van der Waals surface area (Å²) in [7, 11) is 0. The highest BCUT2D eigenvalue weighted by Crippen LogP contribution is 2.33. The number of nitrogens with zero attached hydrogens (tertiary/aromatic N) is 4. The van der Waals surface area contributed by atoms with Crippen LogP contribution in [0, 0.1) is 5.82 Å². The second kappa shape index (κ2) is 8.74. The predicted octanol–water partition coefficient (Wildman–Crippen LogP) is 3.57. The van der Waals surface area contributed by atoms with Gasteiger partial charge in [-0.2, -0.15) is 5.10 Å². The number of hydrogen-bond donors (Lipinski definition) is 1. The van der Waals surface area contributed by atoms with E-state index < -0.39 is 0 Å². The Morgan fingerprint density at radius 2 is 2.10 bits per heavy atom. The van der Waals surface area contributed by atoms with Crippen LogP contribution >= 0.6 is 11.3 Å². The highest BCUT2D eigenvalue weighted by Gasteiger charge is 2.16. The van der Waals surface area contributed by atoms with Gasteiger partial charge < -0.3 is 5.32 Å². The number of aromatic nitrogens is 4. The van der Waals surface area contributed by atoms with E-state index in [1.807, 2.05) is 22.2 Å². The molecular weight excluding hydrogens is 389 g/mol. The summed E-state index contributed by atoms with van der Waals surface area (Å²) >= 11 is 1.61. The first-order valence-corrected chi connectivity index (χ1v) is 9.96. The average Bonchev–Trinajstić information content (AvgIpc) is 3.38. The van der Waals surface area contributed by atoms with E-state index in [1.54, 1.807) is 48.3 Å². The molecule has 3 heterocycles. The van der Waals surface area contributed by atoms with Crippen molar-refractivity contribution >= 4 is 17.2 Å². The zero-order valence-corrected chi connectivity index (χ0v) is 16.3. The molecule has 146 valence electrons. The van der Waals surface area contributed by atoms with Crippen LogP contribution < -0.4 is 5.32 Å². The molecule has 4 aromatic rings. The zero-order chi connectivity index (χ0) is 20.1. The SMILES string of the molecule is O=C(Cc1cccc(F)c1)NCCn1ncc(-c2cnccn2)c1-c1cccs1. The van der Waals surface area contributed by atoms with Crippen LogP contribution in [-0.4, -0.2) is 32.2 Å². The van der Waals surface area contributed by atoms with Crippen LogP contribution in [0.4, 0.5) is 4.39 Å². The van der Waals surface area contributed by atoms with Crippen LogP contribution in [0.2, 0.25) is 0 Å². The van der Waals surface area contributed by atoms with Crippen LogP contribution in [0.1, 0.15) is 5.56 Å². The summed E-state index contributed by atoms with van der Waals surface area (Å²) in [5, 5.41) is 9.38. The summed E-state index contributed by atoms with van der Waals surface area (Å²) in [5.41, 5.74) is 3.23. The summed E-state index contributed by atoms with van der Waals surface area (Å²) in [4.78, 5) is 21.8. The molecule has 0 aliphatic heterocycles. The number of hydrogen-bond acceptors (Lipinski definition) is 5. The number of nitrogens with one attached hydrogen (secondary N) is 1. The van der Waals surface area contributed by atoms with Crippen molar-refractivity contribution < 1.29 is 9.18 Å². The van der Waals surface area contributed by atoms with Crippen molar-refractivity contribution in [1.29, 1.82) is 0 Å². The first-order chi connectivity index (χ1) is 14.2. The smallest absolute Gasteiger partial charge is 0.224 e. The first-order valence-electron chi connectivity index (χ1n) is 9.08. The lowest BCUT2D eigenvalue weighted by atomic mass is 10.1. The number of carbonyl (C=O) groups excluding carboxylic acids is 1. The average molecular weight is 407 g/mol. The zero-order valence-electron chi connectivity index (χ0n) is 15.5. The molecule has 1 amide bonds. The van der Waals surface area contributed by atoms with Gasteiger partial charge in [-0.25, -0.2) is 4.39 Å². The third kappa shape index (κ3) is 4.55. The molecule has 0 aliphatic carbocycles. The quantitative estimate of drug-likeness (QED) is 0.508. The molecule has 0 saturated carbocycles. The van der Waals surface area contributed by atoms with Crippen molar-refractivity contribution in [2.75, 3.05) is 6.54 Å². The second-order valence-corrected chi connectivity index (χ2v) is 7.30. The topological polar surface area (TPSA) is 72.7 Å². The van der Waals surface area contributed by atoms with E-state index in [-0.39, 0.29) is 18.1 Å². The molecule has 0 atom stereocenters. The molecule has 8 heteroatoms. The summed E-state index contributed by atoms with van der Waals surface area (Å²) < 4.78 is 15.1. The predicted molar refractivity (Wildman–Crippen MR) is 110 cm³/mol. The Bertz CT molecular complexity index is 1100. The lowest BCUT2D eigenvalue weighted by Gasteiger charge is -2.10. The van der Waals surface area contributed by atoms with Crippen molar-refractivity contribution in [2.45, 2.75) is 13.0 Å². The van der Waals surface area contributed by atoms with Gasteiger partial charge in [0.2, 0.25) is 5.91 Å². The van der Waals surface area contributed by atoms with Gasteiger partial charge in [-0.05, 0) is 29.1 Å². The van der Waals surface area contributed by atoms with Gasteiger partial charge in [0, 0.05) is 24.5 Å². The minimum atomic E-state index is -0.344. The Morgan fingerprint density at radius 3 is 2.86 bits per heavy atom. The Morgan fingerprint density at radius 1 is 1.17 bits per heavy atom. The van der Waals surface area contributed by atoms with Gasteiger partial charge in [-0.3, -0.25) is 19.4 Å². The fourth-order valence-corrected chi connectivity index (χ4v) is 3.84. The van der Waals surface area contributed by atoms with Crippen molar-refractivity contribution in [1.82, 2.24) is 25.1 Å².